The fourth-order valence-corrected chi connectivity index (χ4v) is 3.68. The van der Waals surface area contributed by atoms with Gasteiger partial charge in [-0.2, -0.15) is 0 Å². The van der Waals surface area contributed by atoms with Crippen LogP contribution in [0.5, 0.6) is 0 Å². The van der Waals surface area contributed by atoms with Crippen LogP contribution in [0.3, 0.4) is 0 Å². The zero-order valence-corrected chi connectivity index (χ0v) is 15.0. The van der Waals surface area contributed by atoms with Crippen molar-refractivity contribution in [3.63, 3.8) is 0 Å². The molecular formula is C21H23N3O2. The molecule has 5 heteroatoms. The van der Waals surface area contributed by atoms with Crippen molar-refractivity contribution in [2.24, 2.45) is 0 Å². The summed E-state index contributed by atoms with van der Waals surface area (Å²) >= 11 is 0. The highest BCUT2D eigenvalue weighted by Crippen LogP contribution is 2.23. The van der Waals surface area contributed by atoms with Crippen molar-refractivity contribution in [2.75, 3.05) is 32.8 Å². The number of aryl methyl sites for hydroxylation is 1. The quantitative estimate of drug-likeness (QED) is 0.795. The van der Waals surface area contributed by atoms with Gasteiger partial charge in [-0.3, -0.25) is 24.3 Å². The summed E-state index contributed by atoms with van der Waals surface area (Å²) < 4.78 is 0. The van der Waals surface area contributed by atoms with Gasteiger partial charge in [0.05, 0.1) is 17.8 Å². The molecule has 0 atom stereocenters. The Bertz CT molecular complexity index is 806. The third kappa shape index (κ3) is 3.16. The first-order valence-electron chi connectivity index (χ1n) is 9.08. The highest BCUT2D eigenvalue weighted by molar-refractivity contribution is 6.21. The molecule has 0 bridgehead atoms. The second-order valence-corrected chi connectivity index (χ2v) is 7.05. The Morgan fingerprint density at radius 3 is 1.92 bits per heavy atom. The monoisotopic (exact) mass is 349 g/mol. The van der Waals surface area contributed by atoms with Crippen molar-refractivity contribution < 1.29 is 9.59 Å². The predicted molar refractivity (Wildman–Crippen MR) is 99.8 cm³/mol. The molecule has 4 rings (SSSR count). The third-order valence-corrected chi connectivity index (χ3v) is 5.34. The molecule has 2 aromatic carbocycles. The summed E-state index contributed by atoms with van der Waals surface area (Å²) in [7, 11) is 0. The minimum atomic E-state index is -0.173. The van der Waals surface area contributed by atoms with Crippen LogP contribution in [0.25, 0.3) is 0 Å². The maximum atomic E-state index is 12.5. The van der Waals surface area contributed by atoms with Gasteiger partial charge >= 0.3 is 0 Å². The van der Waals surface area contributed by atoms with Crippen LogP contribution in [-0.2, 0) is 6.54 Å². The summed E-state index contributed by atoms with van der Waals surface area (Å²) in [5.41, 5.74) is 3.73. The van der Waals surface area contributed by atoms with Gasteiger partial charge < -0.3 is 0 Å². The van der Waals surface area contributed by atoms with Crippen molar-refractivity contribution in [3.05, 3.63) is 70.8 Å². The first-order chi connectivity index (χ1) is 12.6. The second-order valence-electron chi connectivity index (χ2n) is 7.05. The molecule has 0 unspecified atom stereocenters. The number of benzene rings is 2. The van der Waals surface area contributed by atoms with Crippen LogP contribution in [-0.4, -0.2) is 59.4 Å². The van der Waals surface area contributed by atoms with Gasteiger partial charge in [0.25, 0.3) is 11.8 Å². The number of piperazine rings is 1. The lowest BCUT2D eigenvalue weighted by molar-refractivity contribution is 0.0447. The maximum absolute atomic E-state index is 12.5. The first-order valence-corrected chi connectivity index (χ1v) is 9.08. The van der Waals surface area contributed by atoms with Gasteiger partial charge in [-0.15, -0.1) is 0 Å². The minimum Gasteiger partial charge on any atom is -0.297 e. The SMILES string of the molecule is Cc1ccccc1CN1CCN(CN2C(=O)c3ccccc3C2=O)CC1. The van der Waals surface area contributed by atoms with Crippen LogP contribution >= 0.6 is 0 Å². The van der Waals surface area contributed by atoms with Crippen molar-refractivity contribution in [2.45, 2.75) is 13.5 Å². The van der Waals surface area contributed by atoms with Crippen LogP contribution in [0.15, 0.2) is 48.5 Å². The number of nitrogens with zero attached hydrogens (tertiary/aromatic N) is 3. The fourth-order valence-electron chi connectivity index (χ4n) is 3.68. The Kier molecular flexibility index (Phi) is 4.57. The average Bonchev–Trinajstić information content (AvgIpc) is 2.90. The zero-order valence-electron chi connectivity index (χ0n) is 15.0. The molecule has 0 saturated carbocycles. The van der Waals surface area contributed by atoms with E-state index in [4.69, 9.17) is 0 Å². The number of rotatable bonds is 4. The van der Waals surface area contributed by atoms with Crippen molar-refractivity contribution >= 4 is 11.8 Å². The summed E-state index contributed by atoms with van der Waals surface area (Å²) in [6.07, 6.45) is 0. The molecule has 1 fully saturated rings. The standard InChI is InChI=1S/C21H23N3O2/c1-16-6-2-3-7-17(16)14-22-10-12-23(13-11-22)15-24-20(25)18-8-4-5-9-19(18)21(24)26/h2-9H,10-15H2,1H3. The normalized spacial score (nSPS) is 18.4. The summed E-state index contributed by atoms with van der Waals surface area (Å²) in [6.45, 7) is 7.08. The highest BCUT2D eigenvalue weighted by Gasteiger charge is 2.36. The number of carbonyl (C=O) groups is 2. The van der Waals surface area contributed by atoms with Gasteiger partial charge in [-0.1, -0.05) is 36.4 Å². The molecular weight excluding hydrogens is 326 g/mol. The molecule has 0 spiro atoms. The van der Waals surface area contributed by atoms with Gasteiger partial charge in [0.1, 0.15) is 0 Å². The zero-order chi connectivity index (χ0) is 18.1. The Morgan fingerprint density at radius 1 is 0.769 bits per heavy atom. The van der Waals surface area contributed by atoms with Crippen LogP contribution in [0.4, 0.5) is 0 Å². The molecule has 5 nitrogen and oxygen atoms in total. The van der Waals surface area contributed by atoms with E-state index in [1.54, 1.807) is 24.3 Å². The number of amides is 2. The number of hydrogen-bond acceptors (Lipinski definition) is 4. The van der Waals surface area contributed by atoms with Crippen LogP contribution < -0.4 is 0 Å². The molecule has 2 heterocycles. The first kappa shape index (κ1) is 16.9. The maximum Gasteiger partial charge on any atom is 0.262 e. The van der Waals surface area contributed by atoms with Crippen LogP contribution in [0.1, 0.15) is 31.8 Å². The van der Waals surface area contributed by atoms with Crippen molar-refractivity contribution in [1.29, 1.82) is 0 Å². The van der Waals surface area contributed by atoms with Gasteiger partial charge in [0.2, 0.25) is 0 Å². The lowest BCUT2D eigenvalue weighted by Gasteiger charge is -2.36. The lowest BCUT2D eigenvalue weighted by atomic mass is 10.1. The largest absolute Gasteiger partial charge is 0.297 e. The molecule has 0 radical (unpaired) electrons. The number of carbonyl (C=O) groups excluding carboxylic acids is 2. The fraction of sp³-hybridized carbons (Fsp3) is 0.333. The molecule has 0 aromatic heterocycles. The predicted octanol–water partition coefficient (Wildman–Crippen LogP) is 2.37. The van der Waals surface area contributed by atoms with E-state index >= 15 is 0 Å². The van der Waals surface area contributed by atoms with E-state index in [0.29, 0.717) is 17.8 Å². The van der Waals surface area contributed by atoms with Crippen molar-refractivity contribution in [3.8, 4) is 0 Å². The number of hydrogen-bond donors (Lipinski definition) is 0. The highest BCUT2D eigenvalue weighted by atomic mass is 16.2. The molecule has 2 amide bonds. The van der Waals surface area contributed by atoms with Crippen molar-refractivity contribution in [1.82, 2.24) is 14.7 Å². The Balaban J connectivity index is 1.34. The summed E-state index contributed by atoms with van der Waals surface area (Å²) in [4.78, 5) is 31.0. The lowest BCUT2D eigenvalue weighted by Crippen LogP contribution is -2.50. The van der Waals surface area contributed by atoms with Crippen LogP contribution in [0, 0.1) is 6.92 Å². The van der Waals surface area contributed by atoms with Crippen LogP contribution in [0.2, 0.25) is 0 Å². The Morgan fingerprint density at radius 2 is 1.31 bits per heavy atom. The van der Waals surface area contributed by atoms with E-state index < -0.39 is 0 Å². The van der Waals surface area contributed by atoms with Gasteiger partial charge in [-0.05, 0) is 30.2 Å². The summed E-state index contributed by atoms with van der Waals surface area (Å²) in [6, 6.07) is 15.6. The third-order valence-electron chi connectivity index (χ3n) is 5.34. The number of imide groups is 1. The molecule has 2 aliphatic heterocycles. The van der Waals surface area contributed by atoms with E-state index in [-0.39, 0.29) is 11.8 Å². The van der Waals surface area contributed by atoms with Gasteiger partial charge in [0, 0.05) is 32.7 Å². The second kappa shape index (κ2) is 7.02. The topological polar surface area (TPSA) is 43.9 Å². The molecule has 26 heavy (non-hydrogen) atoms. The van der Waals surface area contributed by atoms with Gasteiger partial charge in [-0.25, -0.2) is 0 Å². The molecule has 1 saturated heterocycles. The molecule has 2 aliphatic rings. The molecule has 0 aliphatic carbocycles. The molecule has 0 N–H and O–H groups in total. The summed E-state index contributed by atoms with van der Waals surface area (Å²) in [5, 5.41) is 0. The Hall–Kier alpha value is -2.50. The van der Waals surface area contributed by atoms with E-state index in [2.05, 4.69) is 41.0 Å². The van der Waals surface area contributed by atoms with E-state index in [0.717, 1.165) is 32.7 Å². The minimum absolute atomic E-state index is 0.173. The van der Waals surface area contributed by atoms with E-state index in [1.807, 2.05) is 0 Å². The smallest absolute Gasteiger partial charge is 0.262 e. The summed E-state index contributed by atoms with van der Waals surface area (Å²) in [5.74, 6) is -0.346. The molecule has 134 valence electrons. The Labute approximate surface area is 153 Å². The van der Waals surface area contributed by atoms with Gasteiger partial charge in [0.15, 0.2) is 0 Å². The number of fused-ring (bicyclic) bond motifs is 1. The van der Waals surface area contributed by atoms with E-state index in [1.165, 1.54) is 16.0 Å². The molecule has 2 aromatic rings. The average molecular weight is 349 g/mol. The van der Waals surface area contributed by atoms with E-state index in [9.17, 15) is 9.59 Å².